The molecule has 3 amide bonds. The van der Waals surface area contributed by atoms with Gasteiger partial charge >= 0.3 is 0 Å². The van der Waals surface area contributed by atoms with Crippen LogP contribution < -0.4 is 5.32 Å². The molecule has 4 rings (SSSR count). The van der Waals surface area contributed by atoms with Crippen LogP contribution in [0.15, 0.2) is 24.3 Å². The van der Waals surface area contributed by atoms with Crippen LogP contribution in [0.1, 0.15) is 30.4 Å². The molecule has 0 spiro atoms. The Morgan fingerprint density at radius 1 is 1.15 bits per heavy atom. The Kier molecular flexibility index (Phi) is 4.11. The van der Waals surface area contributed by atoms with Crippen molar-refractivity contribution in [2.75, 3.05) is 6.54 Å². The molecule has 134 valence electrons. The molecule has 3 heterocycles. The third kappa shape index (κ3) is 2.71. The van der Waals surface area contributed by atoms with Crippen LogP contribution in [-0.4, -0.2) is 46.1 Å². The third-order valence-electron chi connectivity index (χ3n) is 5.54. The van der Waals surface area contributed by atoms with Gasteiger partial charge < -0.3 is 15.1 Å². The fraction of sp³-hybridized carbons (Fsp3) is 0.474. The zero-order valence-corrected chi connectivity index (χ0v) is 14.4. The van der Waals surface area contributed by atoms with E-state index in [0.29, 0.717) is 26.1 Å². The molecular weight excluding hydrogens is 332 g/mol. The van der Waals surface area contributed by atoms with Gasteiger partial charge in [-0.1, -0.05) is 24.3 Å². The van der Waals surface area contributed by atoms with Crippen LogP contribution in [0.5, 0.6) is 0 Å². The van der Waals surface area contributed by atoms with E-state index in [1.165, 1.54) is 4.90 Å². The minimum atomic E-state index is -0.832. The molecule has 7 nitrogen and oxygen atoms in total. The molecule has 3 aliphatic heterocycles. The second-order valence-electron chi connectivity index (χ2n) is 7.13. The van der Waals surface area contributed by atoms with E-state index in [4.69, 9.17) is 5.26 Å². The lowest BCUT2D eigenvalue weighted by atomic mass is 10.0. The number of hydrogen-bond donors (Lipinski definition) is 1. The highest BCUT2D eigenvalue weighted by Gasteiger charge is 2.45. The Bertz CT molecular complexity index is 790. The Balaban J connectivity index is 1.43. The van der Waals surface area contributed by atoms with Gasteiger partial charge in [-0.3, -0.25) is 14.4 Å². The lowest BCUT2D eigenvalue weighted by Crippen LogP contribution is -2.46. The first kappa shape index (κ1) is 16.6. The summed E-state index contributed by atoms with van der Waals surface area (Å²) in [6.45, 7) is 1.53. The number of benzene rings is 1. The van der Waals surface area contributed by atoms with Gasteiger partial charge in [0.25, 0.3) is 0 Å². The Morgan fingerprint density at radius 2 is 1.85 bits per heavy atom. The summed E-state index contributed by atoms with van der Waals surface area (Å²) in [6, 6.07) is 8.84. The third-order valence-corrected chi connectivity index (χ3v) is 5.54. The molecule has 2 fully saturated rings. The number of carbonyl (C=O) groups is 3. The number of rotatable bonds is 2. The van der Waals surface area contributed by atoms with Crippen LogP contribution in [-0.2, 0) is 27.5 Å². The van der Waals surface area contributed by atoms with Gasteiger partial charge in [0, 0.05) is 19.6 Å². The predicted molar refractivity (Wildman–Crippen MR) is 91.1 cm³/mol. The van der Waals surface area contributed by atoms with E-state index >= 15 is 0 Å². The minimum absolute atomic E-state index is 0.165. The zero-order valence-electron chi connectivity index (χ0n) is 14.4. The molecule has 2 saturated heterocycles. The van der Waals surface area contributed by atoms with Crippen molar-refractivity contribution in [1.29, 1.82) is 5.26 Å². The van der Waals surface area contributed by atoms with Gasteiger partial charge in [0.05, 0.1) is 6.07 Å². The average molecular weight is 352 g/mol. The van der Waals surface area contributed by atoms with E-state index in [0.717, 1.165) is 17.5 Å². The summed E-state index contributed by atoms with van der Waals surface area (Å²) in [5, 5.41) is 11.8. The largest absolute Gasteiger partial charge is 0.344 e. The average Bonchev–Trinajstić information content (AvgIpc) is 3.37. The van der Waals surface area contributed by atoms with Crippen LogP contribution in [0, 0.1) is 17.2 Å². The Labute approximate surface area is 151 Å². The number of fused-ring (bicyclic) bond motifs is 1. The summed E-state index contributed by atoms with van der Waals surface area (Å²) >= 11 is 0. The van der Waals surface area contributed by atoms with Crippen LogP contribution in [0.4, 0.5) is 0 Å². The van der Waals surface area contributed by atoms with E-state index in [9.17, 15) is 14.4 Å². The van der Waals surface area contributed by atoms with Gasteiger partial charge in [0.1, 0.15) is 18.0 Å². The van der Waals surface area contributed by atoms with E-state index < -0.39 is 23.9 Å². The van der Waals surface area contributed by atoms with E-state index in [1.54, 1.807) is 4.90 Å². The van der Waals surface area contributed by atoms with Crippen molar-refractivity contribution in [2.45, 2.75) is 44.4 Å². The molecule has 0 aromatic heterocycles. The number of likely N-dealkylation sites (tertiary alicyclic amines) is 1. The maximum atomic E-state index is 12.8. The molecular formula is C19H20N4O3. The van der Waals surface area contributed by atoms with Crippen molar-refractivity contribution in [3.63, 3.8) is 0 Å². The molecule has 7 heteroatoms. The summed E-state index contributed by atoms with van der Waals surface area (Å²) in [5.74, 6) is -1.70. The molecule has 1 aromatic rings. The van der Waals surface area contributed by atoms with Crippen LogP contribution in [0.25, 0.3) is 0 Å². The number of nitrogens with zero attached hydrogens (tertiary/aromatic N) is 3. The second kappa shape index (κ2) is 6.45. The highest BCUT2D eigenvalue weighted by molar-refractivity contribution is 6.05. The number of nitrogens with one attached hydrogen (secondary N) is 1. The van der Waals surface area contributed by atoms with Gasteiger partial charge in [-0.25, -0.2) is 0 Å². The van der Waals surface area contributed by atoms with Crippen molar-refractivity contribution in [3.05, 3.63) is 35.4 Å². The van der Waals surface area contributed by atoms with Gasteiger partial charge in [-0.2, -0.15) is 5.26 Å². The summed E-state index contributed by atoms with van der Waals surface area (Å²) in [6.07, 6.45) is 1.62. The Morgan fingerprint density at radius 3 is 2.50 bits per heavy atom. The van der Waals surface area contributed by atoms with Crippen molar-refractivity contribution in [2.24, 2.45) is 5.92 Å². The fourth-order valence-electron chi connectivity index (χ4n) is 4.12. The van der Waals surface area contributed by atoms with Gasteiger partial charge in [-0.05, 0) is 30.4 Å². The second-order valence-corrected chi connectivity index (χ2v) is 7.13. The smallest absolute Gasteiger partial charge is 0.246 e. The zero-order chi connectivity index (χ0) is 18.3. The monoisotopic (exact) mass is 352 g/mol. The van der Waals surface area contributed by atoms with Crippen molar-refractivity contribution in [3.8, 4) is 6.07 Å². The minimum Gasteiger partial charge on any atom is -0.344 e. The quantitative estimate of drug-likeness (QED) is 0.787. The Hall–Kier alpha value is -2.88. The van der Waals surface area contributed by atoms with Crippen molar-refractivity contribution < 1.29 is 14.4 Å². The van der Waals surface area contributed by atoms with Gasteiger partial charge in [0.2, 0.25) is 17.7 Å². The van der Waals surface area contributed by atoms with Gasteiger partial charge in [-0.15, -0.1) is 0 Å². The highest BCUT2D eigenvalue weighted by Crippen LogP contribution is 2.28. The molecule has 26 heavy (non-hydrogen) atoms. The number of carbonyl (C=O) groups excluding carboxylic acids is 3. The topological polar surface area (TPSA) is 93.5 Å². The van der Waals surface area contributed by atoms with E-state index in [-0.39, 0.29) is 18.2 Å². The molecule has 1 aromatic carbocycles. The first-order chi connectivity index (χ1) is 12.6. The maximum Gasteiger partial charge on any atom is 0.246 e. The van der Waals surface area contributed by atoms with Crippen LogP contribution in [0.3, 0.4) is 0 Å². The fourth-order valence-corrected chi connectivity index (χ4v) is 4.12. The number of amides is 3. The van der Waals surface area contributed by atoms with Crippen molar-refractivity contribution in [1.82, 2.24) is 15.1 Å². The van der Waals surface area contributed by atoms with Crippen LogP contribution in [0.2, 0.25) is 0 Å². The normalized spacial score (nSPS) is 27.2. The molecule has 3 atom stereocenters. The predicted octanol–water partition coefficient (Wildman–Crippen LogP) is 0.548. The molecule has 0 radical (unpaired) electrons. The summed E-state index contributed by atoms with van der Waals surface area (Å²) < 4.78 is 0. The van der Waals surface area contributed by atoms with Crippen molar-refractivity contribution >= 4 is 17.7 Å². The number of hydrogen-bond acceptors (Lipinski definition) is 4. The van der Waals surface area contributed by atoms with Gasteiger partial charge in [0.15, 0.2) is 0 Å². The lowest BCUT2D eigenvalue weighted by Gasteiger charge is -2.23. The molecule has 0 aliphatic carbocycles. The molecule has 1 N–H and O–H groups in total. The standard InChI is InChI=1S/C19H20N4O3/c20-9-14-6-3-7-23(14)19(26)16-8-15(17(24)21-16)18(25)22-10-12-4-1-2-5-13(12)11-22/h1-2,4-5,14-16H,3,6-8,10-11H2,(H,21,24)/t14-,15?,16-/m0/s1. The molecule has 3 aliphatic rings. The summed E-state index contributed by atoms with van der Waals surface area (Å²) in [4.78, 5) is 41.0. The number of nitriles is 1. The molecule has 0 saturated carbocycles. The summed E-state index contributed by atoms with van der Waals surface area (Å²) in [7, 11) is 0. The van der Waals surface area contributed by atoms with E-state index in [1.807, 2.05) is 24.3 Å². The molecule has 1 unspecified atom stereocenters. The first-order valence-electron chi connectivity index (χ1n) is 8.94. The van der Waals surface area contributed by atoms with E-state index in [2.05, 4.69) is 11.4 Å². The highest BCUT2D eigenvalue weighted by atomic mass is 16.2. The summed E-state index contributed by atoms with van der Waals surface area (Å²) in [5.41, 5.74) is 2.20. The molecule has 0 bridgehead atoms. The first-order valence-corrected chi connectivity index (χ1v) is 8.94. The lowest BCUT2D eigenvalue weighted by molar-refractivity contribution is -0.141. The van der Waals surface area contributed by atoms with Crippen LogP contribution >= 0.6 is 0 Å². The SMILES string of the molecule is N#C[C@@H]1CCCN1C(=O)[C@@H]1CC(C(=O)N2Cc3ccccc3C2)C(=O)N1. The maximum absolute atomic E-state index is 12.8.